The highest BCUT2D eigenvalue weighted by Crippen LogP contribution is 2.18. The summed E-state index contributed by atoms with van der Waals surface area (Å²) in [7, 11) is 0. The Morgan fingerprint density at radius 1 is 1.29 bits per heavy atom. The number of carbonyl (C=O) groups is 2. The van der Waals surface area contributed by atoms with E-state index in [2.05, 4.69) is 28.2 Å². The van der Waals surface area contributed by atoms with Crippen LogP contribution in [-0.2, 0) is 9.59 Å². The molecule has 0 aliphatic carbocycles. The van der Waals surface area contributed by atoms with Crippen LogP contribution in [0.3, 0.4) is 0 Å². The number of piperidine rings is 1. The fourth-order valence-electron chi connectivity index (χ4n) is 3.02. The van der Waals surface area contributed by atoms with Crippen LogP contribution in [0.25, 0.3) is 0 Å². The van der Waals surface area contributed by atoms with Gasteiger partial charge in [-0.25, -0.2) is 0 Å². The Balaban J connectivity index is 1.78. The van der Waals surface area contributed by atoms with Crippen molar-refractivity contribution in [2.75, 3.05) is 31.5 Å². The van der Waals surface area contributed by atoms with Gasteiger partial charge in [-0.3, -0.25) is 14.5 Å². The van der Waals surface area contributed by atoms with Crippen LogP contribution >= 0.6 is 0 Å². The molecular weight excluding hydrogens is 302 g/mol. The van der Waals surface area contributed by atoms with Crippen LogP contribution in [0.15, 0.2) is 30.9 Å². The fraction of sp³-hybridized carbons (Fsp3) is 0.474. The van der Waals surface area contributed by atoms with Gasteiger partial charge in [-0.1, -0.05) is 23.8 Å². The molecule has 1 aliphatic heterocycles. The van der Waals surface area contributed by atoms with E-state index >= 15 is 0 Å². The molecule has 0 unspecified atom stereocenters. The SMILES string of the molecule is C=CCNC(=O)C1CCN(CC(=O)Nc2ccc(C)cc2C)CC1. The minimum absolute atomic E-state index is 0.00323. The third-order valence-electron chi connectivity index (χ3n) is 4.40. The summed E-state index contributed by atoms with van der Waals surface area (Å²) in [4.78, 5) is 26.3. The normalized spacial score (nSPS) is 15.8. The summed E-state index contributed by atoms with van der Waals surface area (Å²) in [5.74, 6) is 0.134. The van der Waals surface area contributed by atoms with E-state index < -0.39 is 0 Å². The lowest BCUT2D eigenvalue weighted by molar-refractivity contribution is -0.126. The molecule has 5 heteroatoms. The lowest BCUT2D eigenvalue weighted by Crippen LogP contribution is -2.43. The van der Waals surface area contributed by atoms with Crippen LogP contribution in [0.2, 0.25) is 0 Å². The van der Waals surface area contributed by atoms with Crippen molar-refractivity contribution in [1.29, 1.82) is 0 Å². The molecule has 1 heterocycles. The second kappa shape index (κ2) is 8.64. The summed E-state index contributed by atoms with van der Waals surface area (Å²) in [5.41, 5.74) is 3.12. The zero-order chi connectivity index (χ0) is 17.5. The molecule has 0 atom stereocenters. The molecule has 1 fully saturated rings. The topological polar surface area (TPSA) is 61.4 Å². The standard InChI is InChI=1S/C19H27N3O2/c1-4-9-20-19(24)16-7-10-22(11-8-16)13-18(23)21-17-6-5-14(2)12-15(17)3/h4-6,12,16H,1,7-11,13H2,2-3H3,(H,20,24)(H,21,23). The number of nitrogens with zero attached hydrogens (tertiary/aromatic N) is 1. The van der Waals surface area contributed by atoms with Crippen LogP contribution in [0.4, 0.5) is 5.69 Å². The third-order valence-corrected chi connectivity index (χ3v) is 4.40. The molecule has 0 aromatic heterocycles. The number of amides is 2. The Labute approximate surface area is 144 Å². The summed E-state index contributed by atoms with van der Waals surface area (Å²) in [5, 5.41) is 5.82. The van der Waals surface area contributed by atoms with E-state index in [0.29, 0.717) is 13.1 Å². The summed E-state index contributed by atoms with van der Waals surface area (Å²) in [6, 6.07) is 6.00. The molecule has 24 heavy (non-hydrogen) atoms. The number of benzene rings is 1. The number of hydrogen-bond acceptors (Lipinski definition) is 3. The van der Waals surface area contributed by atoms with Gasteiger partial charge in [-0.2, -0.15) is 0 Å². The molecule has 0 saturated carbocycles. The van der Waals surface area contributed by atoms with Crippen molar-refractivity contribution in [3.8, 4) is 0 Å². The van der Waals surface area contributed by atoms with Gasteiger partial charge in [0.1, 0.15) is 0 Å². The van der Waals surface area contributed by atoms with Gasteiger partial charge in [0, 0.05) is 18.2 Å². The minimum Gasteiger partial charge on any atom is -0.352 e. The maximum absolute atomic E-state index is 12.2. The molecule has 1 aliphatic rings. The van der Waals surface area contributed by atoms with Crippen LogP contribution in [-0.4, -0.2) is 42.9 Å². The first kappa shape index (κ1) is 18.2. The first-order valence-electron chi connectivity index (χ1n) is 8.47. The molecule has 0 bridgehead atoms. The molecule has 1 aromatic rings. The minimum atomic E-state index is -0.00323. The Morgan fingerprint density at radius 3 is 2.62 bits per heavy atom. The molecular formula is C19H27N3O2. The van der Waals surface area contributed by atoms with Gasteiger partial charge in [0.15, 0.2) is 0 Å². The molecule has 5 nitrogen and oxygen atoms in total. The number of carbonyl (C=O) groups excluding carboxylic acids is 2. The second-order valence-corrected chi connectivity index (χ2v) is 6.45. The van der Waals surface area contributed by atoms with Gasteiger partial charge in [0.2, 0.25) is 11.8 Å². The zero-order valence-electron chi connectivity index (χ0n) is 14.6. The van der Waals surface area contributed by atoms with Gasteiger partial charge in [0.05, 0.1) is 6.54 Å². The van der Waals surface area contributed by atoms with Gasteiger partial charge >= 0.3 is 0 Å². The zero-order valence-corrected chi connectivity index (χ0v) is 14.6. The fourth-order valence-corrected chi connectivity index (χ4v) is 3.02. The second-order valence-electron chi connectivity index (χ2n) is 6.45. The molecule has 2 amide bonds. The van der Waals surface area contributed by atoms with E-state index in [1.807, 2.05) is 26.0 Å². The van der Waals surface area contributed by atoms with Crippen molar-refractivity contribution in [1.82, 2.24) is 10.2 Å². The number of nitrogens with one attached hydrogen (secondary N) is 2. The summed E-state index contributed by atoms with van der Waals surface area (Å²) in [6.45, 7) is 10.1. The average molecular weight is 329 g/mol. The summed E-state index contributed by atoms with van der Waals surface area (Å²) < 4.78 is 0. The summed E-state index contributed by atoms with van der Waals surface area (Å²) in [6.07, 6.45) is 3.27. The highest BCUT2D eigenvalue weighted by atomic mass is 16.2. The van der Waals surface area contributed by atoms with Crippen molar-refractivity contribution in [3.05, 3.63) is 42.0 Å². The van der Waals surface area contributed by atoms with Crippen molar-refractivity contribution in [2.45, 2.75) is 26.7 Å². The van der Waals surface area contributed by atoms with E-state index in [9.17, 15) is 9.59 Å². The monoisotopic (exact) mass is 329 g/mol. The Bertz CT molecular complexity index is 605. The number of anilines is 1. The van der Waals surface area contributed by atoms with E-state index in [-0.39, 0.29) is 17.7 Å². The highest BCUT2D eigenvalue weighted by molar-refractivity contribution is 5.93. The van der Waals surface area contributed by atoms with Crippen LogP contribution in [0.5, 0.6) is 0 Å². The molecule has 0 spiro atoms. The van der Waals surface area contributed by atoms with Gasteiger partial charge in [0.25, 0.3) is 0 Å². The van der Waals surface area contributed by atoms with Crippen molar-refractivity contribution in [2.24, 2.45) is 5.92 Å². The van der Waals surface area contributed by atoms with E-state index in [1.54, 1.807) is 6.08 Å². The Kier molecular flexibility index (Phi) is 6.55. The lowest BCUT2D eigenvalue weighted by Gasteiger charge is -2.30. The highest BCUT2D eigenvalue weighted by Gasteiger charge is 2.25. The first-order valence-corrected chi connectivity index (χ1v) is 8.47. The predicted octanol–water partition coefficient (Wildman–Crippen LogP) is 2.26. The van der Waals surface area contributed by atoms with Crippen LogP contribution in [0.1, 0.15) is 24.0 Å². The van der Waals surface area contributed by atoms with Gasteiger partial charge < -0.3 is 10.6 Å². The summed E-state index contributed by atoms with van der Waals surface area (Å²) >= 11 is 0. The number of rotatable bonds is 6. The maximum atomic E-state index is 12.2. The van der Waals surface area contributed by atoms with Gasteiger partial charge in [-0.15, -0.1) is 6.58 Å². The largest absolute Gasteiger partial charge is 0.352 e. The smallest absolute Gasteiger partial charge is 0.238 e. The van der Waals surface area contributed by atoms with Crippen molar-refractivity contribution in [3.63, 3.8) is 0 Å². The predicted molar refractivity (Wildman–Crippen MR) is 96.9 cm³/mol. The Hall–Kier alpha value is -2.14. The average Bonchev–Trinajstić information content (AvgIpc) is 2.56. The molecule has 0 radical (unpaired) electrons. The van der Waals surface area contributed by atoms with Crippen LogP contribution in [0, 0.1) is 19.8 Å². The van der Waals surface area contributed by atoms with Crippen molar-refractivity contribution >= 4 is 17.5 Å². The van der Waals surface area contributed by atoms with E-state index in [1.165, 1.54) is 5.56 Å². The molecule has 1 aromatic carbocycles. The third kappa shape index (κ3) is 5.20. The molecule has 130 valence electrons. The maximum Gasteiger partial charge on any atom is 0.238 e. The first-order chi connectivity index (χ1) is 11.5. The number of likely N-dealkylation sites (tertiary alicyclic amines) is 1. The van der Waals surface area contributed by atoms with E-state index in [0.717, 1.165) is 37.2 Å². The lowest BCUT2D eigenvalue weighted by atomic mass is 9.96. The van der Waals surface area contributed by atoms with E-state index in [4.69, 9.17) is 0 Å². The van der Waals surface area contributed by atoms with Crippen molar-refractivity contribution < 1.29 is 9.59 Å². The Morgan fingerprint density at radius 2 is 2.00 bits per heavy atom. The quantitative estimate of drug-likeness (QED) is 0.787. The number of hydrogen-bond donors (Lipinski definition) is 2. The van der Waals surface area contributed by atoms with Crippen LogP contribution < -0.4 is 10.6 Å². The number of aryl methyl sites for hydroxylation is 2. The molecule has 2 N–H and O–H groups in total. The molecule has 2 rings (SSSR count). The van der Waals surface area contributed by atoms with Gasteiger partial charge in [-0.05, 0) is 51.4 Å². The molecule has 1 saturated heterocycles.